The van der Waals surface area contributed by atoms with Gasteiger partial charge in [-0.15, -0.1) is 0 Å². The van der Waals surface area contributed by atoms with Crippen molar-refractivity contribution >= 4 is 32.6 Å². The minimum absolute atomic E-state index is 0.0583. The summed E-state index contributed by atoms with van der Waals surface area (Å²) in [5.41, 5.74) is 0.737. The van der Waals surface area contributed by atoms with Crippen molar-refractivity contribution in [2.45, 2.75) is 0 Å². The normalized spacial score (nSPS) is 15.2. The van der Waals surface area contributed by atoms with Crippen LogP contribution in [0.1, 0.15) is 10.5 Å². The highest BCUT2D eigenvalue weighted by atomic mass is 32.1. The number of anilines is 1. The van der Waals surface area contributed by atoms with Gasteiger partial charge in [-0.1, -0.05) is 11.3 Å². The van der Waals surface area contributed by atoms with Crippen molar-refractivity contribution in [3.05, 3.63) is 42.0 Å². The van der Waals surface area contributed by atoms with Crippen LogP contribution in [0.2, 0.25) is 0 Å². The molecule has 3 heterocycles. The summed E-state index contributed by atoms with van der Waals surface area (Å²) in [6.07, 6.45) is 3.15. The van der Waals surface area contributed by atoms with Crippen molar-refractivity contribution in [1.82, 2.24) is 19.4 Å². The van der Waals surface area contributed by atoms with Crippen molar-refractivity contribution in [2.24, 2.45) is 7.05 Å². The lowest BCUT2D eigenvalue weighted by Gasteiger charge is -2.34. The Morgan fingerprint density at radius 2 is 1.96 bits per heavy atom. The van der Waals surface area contributed by atoms with E-state index >= 15 is 0 Å². The van der Waals surface area contributed by atoms with Gasteiger partial charge in [-0.25, -0.2) is 18.7 Å². The highest BCUT2D eigenvalue weighted by Gasteiger charge is 2.25. The monoisotopic (exact) mass is 363 g/mol. The van der Waals surface area contributed by atoms with Gasteiger partial charge < -0.3 is 14.4 Å². The number of aryl methyl sites for hydroxylation is 1. The number of carbonyl (C=O) groups excluding carboxylic acids is 1. The molecule has 1 saturated heterocycles. The zero-order valence-electron chi connectivity index (χ0n) is 13.4. The number of halogens is 2. The molecule has 0 bridgehead atoms. The molecule has 0 radical (unpaired) electrons. The molecule has 0 saturated carbocycles. The second kappa shape index (κ2) is 6.07. The molecule has 3 aromatic rings. The number of hydrogen-bond donors (Lipinski definition) is 0. The van der Waals surface area contributed by atoms with Crippen molar-refractivity contribution in [1.29, 1.82) is 0 Å². The number of imidazole rings is 1. The molecule has 2 aromatic heterocycles. The predicted octanol–water partition coefficient (Wildman–Crippen LogP) is 2.27. The first kappa shape index (κ1) is 15.9. The van der Waals surface area contributed by atoms with Gasteiger partial charge in [0.15, 0.2) is 10.9 Å². The maximum Gasteiger partial charge on any atom is 0.272 e. The van der Waals surface area contributed by atoms with Crippen LogP contribution < -0.4 is 4.90 Å². The molecule has 0 N–H and O–H groups in total. The SMILES string of the molecule is Cn1cncc1C(=O)N1CCN(c2nc3c(F)cc(F)cc3s2)CC1. The molecule has 1 fully saturated rings. The summed E-state index contributed by atoms with van der Waals surface area (Å²) in [6.45, 7) is 2.26. The van der Waals surface area contributed by atoms with Gasteiger partial charge >= 0.3 is 0 Å². The number of piperazine rings is 1. The van der Waals surface area contributed by atoms with E-state index in [1.165, 1.54) is 17.4 Å². The maximum absolute atomic E-state index is 13.8. The smallest absolute Gasteiger partial charge is 0.272 e. The van der Waals surface area contributed by atoms with Crippen LogP contribution in [0.5, 0.6) is 0 Å². The first-order chi connectivity index (χ1) is 12.0. The Morgan fingerprint density at radius 3 is 2.64 bits per heavy atom. The Morgan fingerprint density at radius 1 is 1.20 bits per heavy atom. The predicted molar refractivity (Wildman–Crippen MR) is 90.9 cm³/mol. The second-order valence-corrected chi connectivity index (χ2v) is 6.91. The largest absolute Gasteiger partial charge is 0.345 e. The third kappa shape index (κ3) is 2.84. The Kier molecular flexibility index (Phi) is 3.87. The first-order valence-corrected chi connectivity index (χ1v) is 8.60. The molecule has 1 aliphatic heterocycles. The van der Waals surface area contributed by atoms with Crippen LogP contribution in [-0.4, -0.2) is 51.5 Å². The van der Waals surface area contributed by atoms with E-state index in [1.54, 1.807) is 29.0 Å². The number of amides is 1. The number of fused-ring (bicyclic) bond motifs is 1. The molecule has 1 aliphatic rings. The zero-order chi connectivity index (χ0) is 17.6. The number of nitrogens with zero attached hydrogens (tertiary/aromatic N) is 5. The number of thiazole rings is 1. The quantitative estimate of drug-likeness (QED) is 0.701. The molecule has 0 aliphatic carbocycles. The minimum Gasteiger partial charge on any atom is -0.345 e. The fraction of sp³-hybridized carbons (Fsp3) is 0.312. The number of carbonyl (C=O) groups is 1. The molecule has 0 unspecified atom stereocenters. The van der Waals surface area contributed by atoms with Gasteiger partial charge in [0, 0.05) is 39.3 Å². The summed E-state index contributed by atoms with van der Waals surface area (Å²) in [5, 5.41) is 0.645. The van der Waals surface area contributed by atoms with Crippen molar-refractivity contribution in [3.8, 4) is 0 Å². The summed E-state index contributed by atoms with van der Waals surface area (Å²) in [5.74, 6) is -1.31. The lowest BCUT2D eigenvalue weighted by atomic mass is 10.3. The van der Waals surface area contributed by atoms with E-state index in [0.717, 1.165) is 6.07 Å². The van der Waals surface area contributed by atoms with Gasteiger partial charge in [-0.3, -0.25) is 4.79 Å². The van der Waals surface area contributed by atoms with E-state index in [9.17, 15) is 13.6 Å². The summed E-state index contributed by atoms with van der Waals surface area (Å²) in [4.78, 5) is 24.5. The average Bonchev–Trinajstić information content (AvgIpc) is 3.20. The van der Waals surface area contributed by atoms with Gasteiger partial charge in [0.1, 0.15) is 17.0 Å². The Hall–Kier alpha value is -2.55. The van der Waals surface area contributed by atoms with Crippen LogP contribution in [0.15, 0.2) is 24.7 Å². The van der Waals surface area contributed by atoms with Crippen LogP contribution in [0.4, 0.5) is 13.9 Å². The molecule has 1 amide bonds. The minimum atomic E-state index is -0.650. The molecular weight excluding hydrogens is 348 g/mol. The topological polar surface area (TPSA) is 54.3 Å². The van der Waals surface area contributed by atoms with Gasteiger partial charge in [0.25, 0.3) is 5.91 Å². The van der Waals surface area contributed by atoms with Crippen LogP contribution in [0.3, 0.4) is 0 Å². The number of benzene rings is 1. The van der Waals surface area contributed by atoms with E-state index in [2.05, 4.69) is 9.97 Å². The van der Waals surface area contributed by atoms with Crippen molar-refractivity contribution < 1.29 is 13.6 Å². The third-order valence-corrected chi connectivity index (χ3v) is 5.34. The van der Waals surface area contributed by atoms with Crippen LogP contribution in [0, 0.1) is 11.6 Å². The van der Waals surface area contributed by atoms with E-state index < -0.39 is 11.6 Å². The highest BCUT2D eigenvalue weighted by molar-refractivity contribution is 7.22. The molecule has 9 heteroatoms. The lowest BCUT2D eigenvalue weighted by molar-refractivity contribution is 0.0737. The Bertz CT molecular complexity index is 945. The van der Waals surface area contributed by atoms with Gasteiger partial charge in [0.2, 0.25) is 0 Å². The van der Waals surface area contributed by atoms with Crippen LogP contribution in [-0.2, 0) is 7.05 Å². The molecule has 6 nitrogen and oxygen atoms in total. The van der Waals surface area contributed by atoms with Gasteiger partial charge in [-0.2, -0.15) is 0 Å². The molecule has 0 spiro atoms. The highest BCUT2D eigenvalue weighted by Crippen LogP contribution is 2.31. The molecule has 130 valence electrons. The fourth-order valence-electron chi connectivity index (χ4n) is 2.91. The second-order valence-electron chi connectivity index (χ2n) is 5.90. The van der Waals surface area contributed by atoms with Gasteiger partial charge in [-0.05, 0) is 6.07 Å². The molecule has 1 aromatic carbocycles. The van der Waals surface area contributed by atoms with E-state index in [4.69, 9.17) is 0 Å². The van der Waals surface area contributed by atoms with Crippen molar-refractivity contribution in [2.75, 3.05) is 31.1 Å². The number of aromatic nitrogens is 3. The maximum atomic E-state index is 13.8. The summed E-state index contributed by atoms with van der Waals surface area (Å²) in [6, 6.07) is 2.14. The van der Waals surface area contributed by atoms with E-state index in [0.29, 0.717) is 41.7 Å². The van der Waals surface area contributed by atoms with E-state index in [-0.39, 0.29) is 11.4 Å². The number of hydrogen-bond acceptors (Lipinski definition) is 5. The molecule has 25 heavy (non-hydrogen) atoms. The summed E-state index contributed by atoms with van der Waals surface area (Å²) < 4.78 is 29.3. The summed E-state index contributed by atoms with van der Waals surface area (Å²) in [7, 11) is 1.78. The molecule has 4 rings (SSSR count). The first-order valence-electron chi connectivity index (χ1n) is 7.79. The van der Waals surface area contributed by atoms with Gasteiger partial charge in [0.05, 0.1) is 17.2 Å². The van der Waals surface area contributed by atoms with Crippen molar-refractivity contribution in [3.63, 3.8) is 0 Å². The fourth-order valence-corrected chi connectivity index (χ4v) is 3.96. The standard InChI is InChI=1S/C16H15F2N5OS/c1-21-9-19-8-12(21)15(24)22-2-4-23(5-3-22)16-20-14-11(18)6-10(17)7-13(14)25-16/h6-9H,2-5H2,1H3. The van der Waals surface area contributed by atoms with E-state index in [1.807, 2.05) is 4.90 Å². The summed E-state index contributed by atoms with van der Waals surface area (Å²) >= 11 is 1.26. The number of rotatable bonds is 2. The molecular formula is C16H15F2N5OS. The lowest BCUT2D eigenvalue weighted by Crippen LogP contribution is -2.49. The average molecular weight is 363 g/mol. The third-order valence-electron chi connectivity index (χ3n) is 4.28. The zero-order valence-corrected chi connectivity index (χ0v) is 14.3. The van der Waals surface area contributed by atoms with Crippen LogP contribution in [0.25, 0.3) is 10.2 Å². The Balaban J connectivity index is 1.49. The Labute approximate surface area is 146 Å². The molecule has 0 atom stereocenters. The van der Waals surface area contributed by atoms with Crippen LogP contribution >= 0.6 is 11.3 Å².